The molecule has 1 saturated heterocycles. The molecule has 1 rings (SSSR count). The normalized spacial score (nSPS) is 23.7. The Morgan fingerprint density at radius 1 is 1.47 bits per heavy atom. The Morgan fingerprint density at radius 3 is 2.74 bits per heavy atom. The molecule has 1 aliphatic heterocycles. The molecule has 1 aliphatic rings. The minimum absolute atomic E-state index is 0.0151. The van der Waals surface area contributed by atoms with Gasteiger partial charge in [-0.15, -0.1) is 0 Å². The molecule has 1 N–H and O–H groups in total. The molecule has 0 saturated carbocycles. The van der Waals surface area contributed by atoms with Crippen LogP contribution in [0.4, 0.5) is 0 Å². The first-order chi connectivity index (χ1) is 8.95. The van der Waals surface area contributed by atoms with Gasteiger partial charge in [0.05, 0.1) is 6.61 Å². The van der Waals surface area contributed by atoms with Crippen LogP contribution in [0.2, 0.25) is 0 Å². The summed E-state index contributed by atoms with van der Waals surface area (Å²) >= 11 is 1.72. The van der Waals surface area contributed by atoms with Crippen LogP contribution in [0.1, 0.15) is 32.6 Å². The zero-order valence-corrected chi connectivity index (χ0v) is 13.7. The van der Waals surface area contributed by atoms with E-state index in [2.05, 4.69) is 0 Å². The van der Waals surface area contributed by atoms with Gasteiger partial charge in [0, 0.05) is 25.7 Å². The van der Waals surface area contributed by atoms with Gasteiger partial charge in [-0.1, -0.05) is 6.42 Å². The summed E-state index contributed by atoms with van der Waals surface area (Å²) < 4.78 is 28.1. The number of thioether (sulfide) groups is 1. The van der Waals surface area contributed by atoms with E-state index in [1.165, 1.54) is 8.61 Å². The van der Waals surface area contributed by atoms with Crippen molar-refractivity contribution in [3.05, 3.63) is 0 Å². The lowest BCUT2D eigenvalue weighted by Gasteiger charge is -2.37. The van der Waals surface area contributed by atoms with Crippen molar-refractivity contribution in [2.75, 3.05) is 32.2 Å². The van der Waals surface area contributed by atoms with Crippen LogP contribution in [-0.4, -0.2) is 66.4 Å². The number of nitrogens with zero attached hydrogens (tertiary/aromatic N) is 2. The van der Waals surface area contributed by atoms with Crippen molar-refractivity contribution < 1.29 is 13.5 Å². The second-order valence-electron chi connectivity index (χ2n) is 5.10. The Morgan fingerprint density at radius 2 is 2.16 bits per heavy atom. The molecular weight excluding hydrogens is 284 g/mol. The first-order valence-electron chi connectivity index (χ1n) is 6.79. The summed E-state index contributed by atoms with van der Waals surface area (Å²) in [6.07, 6.45) is 5.48. The highest BCUT2D eigenvalue weighted by molar-refractivity contribution is 7.98. The van der Waals surface area contributed by atoms with E-state index in [0.29, 0.717) is 6.54 Å². The minimum atomic E-state index is -3.46. The zero-order valence-electron chi connectivity index (χ0n) is 12.1. The van der Waals surface area contributed by atoms with Gasteiger partial charge in [-0.2, -0.15) is 28.8 Å². The van der Waals surface area contributed by atoms with Gasteiger partial charge in [0.1, 0.15) is 0 Å². The molecule has 0 radical (unpaired) electrons. The van der Waals surface area contributed by atoms with E-state index in [1.807, 2.05) is 13.2 Å². The molecule has 0 spiro atoms. The van der Waals surface area contributed by atoms with E-state index < -0.39 is 10.2 Å². The van der Waals surface area contributed by atoms with Crippen molar-refractivity contribution in [3.8, 4) is 0 Å². The molecule has 0 aromatic rings. The number of piperidine rings is 1. The van der Waals surface area contributed by atoms with Gasteiger partial charge in [-0.3, -0.25) is 0 Å². The minimum Gasteiger partial charge on any atom is -0.395 e. The Hall–Kier alpha value is 0.180. The molecule has 0 aromatic heterocycles. The van der Waals surface area contributed by atoms with Crippen LogP contribution in [0, 0.1) is 0 Å². The lowest BCUT2D eigenvalue weighted by molar-refractivity contribution is 0.147. The van der Waals surface area contributed by atoms with Gasteiger partial charge in [-0.25, -0.2) is 0 Å². The van der Waals surface area contributed by atoms with Crippen molar-refractivity contribution in [1.29, 1.82) is 0 Å². The fourth-order valence-electron chi connectivity index (χ4n) is 2.32. The fourth-order valence-corrected chi connectivity index (χ4v) is 4.70. The summed E-state index contributed by atoms with van der Waals surface area (Å²) in [5.74, 6) is 0.949. The third-order valence-electron chi connectivity index (χ3n) is 3.80. The SMILES string of the molecule is CSCCC(C)N(C)S(=O)(=O)N1CCCCC1CO. The Balaban J connectivity index is 2.77. The highest BCUT2D eigenvalue weighted by atomic mass is 32.2. The van der Waals surface area contributed by atoms with E-state index in [-0.39, 0.29) is 18.7 Å². The maximum Gasteiger partial charge on any atom is 0.282 e. The van der Waals surface area contributed by atoms with Crippen LogP contribution >= 0.6 is 11.8 Å². The first-order valence-corrected chi connectivity index (χ1v) is 9.58. The maximum absolute atomic E-state index is 12.6. The molecule has 7 heteroatoms. The Bertz CT molecular complexity index is 362. The molecule has 1 fully saturated rings. The predicted octanol–water partition coefficient (Wildman–Crippen LogP) is 1.15. The molecule has 0 bridgehead atoms. The molecule has 0 aliphatic carbocycles. The van der Waals surface area contributed by atoms with E-state index in [0.717, 1.165) is 31.4 Å². The predicted molar refractivity (Wildman–Crippen MR) is 80.6 cm³/mol. The quantitative estimate of drug-likeness (QED) is 0.766. The molecule has 19 heavy (non-hydrogen) atoms. The molecular formula is C12H26N2O3S2. The smallest absolute Gasteiger partial charge is 0.282 e. The summed E-state index contributed by atoms with van der Waals surface area (Å²) in [4.78, 5) is 0. The van der Waals surface area contributed by atoms with Gasteiger partial charge >= 0.3 is 0 Å². The third-order valence-corrected chi connectivity index (χ3v) is 6.61. The average molecular weight is 310 g/mol. The van der Waals surface area contributed by atoms with E-state index in [1.54, 1.807) is 18.8 Å². The Kier molecular flexibility index (Phi) is 7.10. The fraction of sp³-hybridized carbons (Fsp3) is 1.00. The number of aliphatic hydroxyl groups excluding tert-OH is 1. The van der Waals surface area contributed by atoms with Gasteiger partial charge < -0.3 is 5.11 Å². The third kappa shape index (κ3) is 4.32. The van der Waals surface area contributed by atoms with Gasteiger partial charge in [0.2, 0.25) is 0 Å². The summed E-state index contributed by atoms with van der Waals surface area (Å²) in [5, 5.41) is 9.36. The van der Waals surface area contributed by atoms with Crippen molar-refractivity contribution >= 4 is 22.0 Å². The standard InChI is InChI=1S/C12H26N2O3S2/c1-11(7-9-18-3)13(2)19(16,17)14-8-5-4-6-12(14)10-15/h11-12,15H,4-10H2,1-3H3. The van der Waals surface area contributed by atoms with Crippen molar-refractivity contribution in [1.82, 2.24) is 8.61 Å². The van der Waals surface area contributed by atoms with Crippen molar-refractivity contribution in [2.45, 2.75) is 44.7 Å². The van der Waals surface area contributed by atoms with Crippen LogP contribution in [0.15, 0.2) is 0 Å². The topological polar surface area (TPSA) is 60.9 Å². The largest absolute Gasteiger partial charge is 0.395 e. The van der Waals surface area contributed by atoms with Crippen LogP contribution in [-0.2, 0) is 10.2 Å². The van der Waals surface area contributed by atoms with E-state index in [9.17, 15) is 13.5 Å². The van der Waals surface area contributed by atoms with Gasteiger partial charge in [-0.05, 0) is 38.2 Å². The second kappa shape index (κ2) is 7.83. The number of aliphatic hydroxyl groups is 1. The highest BCUT2D eigenvalue weighted by Gasteiger charge is 2.36. The molecule has 2 unspecified atom stereocenters. The van der Waals surface area contributed by atoms with Crippen LogP contribution in [0.5, 0.6) is 0 Å². The maximum atomic E-state index is 12.6. The van der Waals surface area contributed by atoms with E-state index in [4.69, 9.17) is 0 Å². The van der Waals surface area contributed by atoms with Gasteiger partial charge in [0.25, 0.3) is 10.2 Å². The molecule has 0 amide bonds. The molecule has 0 aromatic carbocycles. The molecule has 5 nitrogen and oxygen atoms in total. The molecule has 1 heterocycles. The summed E-state index contributed by atoms with van der Waals surface area (Å²) in [7, 11) is -1.81. The van der Waals surface area contributed by atoms with E-state index >= 15 is 0 Å². The Labute approximate surface area is 121 Å². The molecule has 114 valence electrons. The lowest BCUT2D eigenvalue weighted by Crippen LogP contribution is -2.52. The number of hydrogen-bond acceptors (Lipinski definition) is 4. The van der Waals surface area contributed by atoms with Crippen molar-refractivity contribution in [2.24, 2.45) is 0 Å². The lowest BCUT2D eigenvalue weighted by atomic mass is 10.1. The zero-order chi connectivity index (χ0) is 14.5. The second-order valence-corrected chi connectivity index (χ2v) is 8.02. The van der Waals surface area contributed by atoms with Crippen molar-refractivity contribution in [3.63, 3.8) is 0 Å². The average Bonchev–Trinajstić information content (AvgIpc) is 2.43. The number of rotatable bonds is 7. The van der Waals surface area contributed by atoms with Crippen LogP contribution in [0.25, 0.3) is 0 Å². The van der Waals surface area contributed by atoms with Gasteiger partial charge in [0.15, 0.2) is 0 Å². The first kappa shape index (κ1) is 17.2. The van der Waals surface area contributed by atoms with Crippen LogP contribution < -0.4 is 0 Å². The summed E-state index contributed by atoms with van der Waals surface area (Å²) in [6.45, 7) is 2.37. The monoisotopic (exact) mass is 310 g/mol. The molecule has 2 atom stereocenters. The van der Waals surface area contributed by atoms with Crippen LogP contribution in [0.3, 0.4) is 0 Å². The number of hydrogen-bond donors (Lipinski definition) is 1. The summed E-state index contributed by atoms with van der Waals surface area (Å²) in [6, 6.07) is -0.271. The summed E-state index contributed by atoms with van der Waals surface area (Å²) in [5.41, 5.74) is 0. The highest BCUT2D eigenvalue weighted by Crippen LogP contribution is 2.23.